The van der Waals surface area contributed by atoms with E-state index in [0.717, 1.165) is 17.5 Å². The number of hydrogen-bond donors (Lipinski definition) is 2. The van der Waals surface area contributed by atoms with Crippen molar-refractivity contribution in [2.24, 2.45) is 5.92 Å². The van der Waals surface area contributed by atoms with Gasteiger partial charge in [-0.05, 0) is 41.7 Å². The number of carbonyl (C=O) groups is 1. The summed E-state index contributed by atoms with van der Waals surface area (Å²) < 4.78 is 5.04. The van der Waals surface area contributed by atoms with Crippen molar-refractivity contribution in [2.45, 2.75) is 32.9 Å². The predicted molar refractivity (Wildman–Crippen MR) is 101 cm³/mol. The summed E-state index contributed by atoms with van der Waals surface area (Å²) >= 11 is 0. The van der Waals surface area contributed by atoms with Crippen molar-refractivity contribution in [2.75, 3.05) is 14.2 Å². The largest absolute Gasteiger partial charge is 0.504 e. The van der Waals surface area contributed by atoms with Crippen LogP contribution in [0.25, 0.3) is 0 Å². The zero-order valence-electron chi connectivity index (χ0n) is 15.8. The standard InChI is InChI=1S/C20H27N3O3/c1-14(2)10-17(16-6-5-9-21-12-16)22-20(25)23(3)13-15-7-8-19(26-4)18(24)11-15/h5-9,11-12,14,17,24H,10,13H2,1-4H3,(H,22,25). The molecule has 26 heavy (non-hydrogen) atoms. The summed E-state index contributed by atoms with van der Waals surface area (Å²) in [7, 11) is 3.23. The number of nitrogens with one attached hydrogen (secondary N) is 1. The first kappa shape index (κ1) is 19.6. The molecule has 0 aliphatic carbocycles. The molecule has 2 rings (SSSR count). The maximum atomic E-state index is 12.6. The van der Waals surface area contributed by atoms with Crippen molar-refractivity contribution < 1.29 is 14.6 Å². The molecule has 2 aromatic rings. The van der Waals surface area contributed by atoms with Crippen LogP contribution in [-0.2, 0) is 6.54 Å². The molecule has 6 nitrogen and oxygen atoms in total. The van der Waals surface area contributed by atoms with E-state index in [-0.39, 0.29) is 17.8 Å². The second-order valence-electron chi connectivity index (χ2n) is 6.78. The molecule has 1 unspecified atom stereocenters. The molecule has 1 aromatic carbocycles. The molecular weight excluding hydrogens is 330 g/mol. The Morgan fingerprint density at radius 3 is 2.69 bits per heavy atom. The molecule has 2 amide bonds. The Balaban J connectivity index is 2.04. The third-order valence-electron chi connectivity index (χ3n) is 4.10. The number of carbonyl (C=O) groups excluding carboxylic acids is 1. The number of pyridine rings is 1. The summed E-state index contributed by atoms with van der Waals surface area (Å²) in [6.07, 6.45) is 4.34. The van der Waals surface area contributed by atoms with E-state index in [1.165, 1.54) is 7.11 Å². The lowest BCUT2D eigenvalue weighted by Crippen LogP contribution is -2.39. The second kappa shape index (κ2) is 9.08. The maximum Gasteiger partial charge on any atom is 0.317 e. The minimum absolute atomic E-state index is 0.0619. The van der Waals surface area contributed by atoms with Crippen molar-refractivity contribution in [3.63, 3.8) is 0 Å². The molecule has 0 fully saturated rings. The van der Waals surface area contributed by atoms with E-state index in [2.05, 4.69) is 24.1 Å². The lowest BCUT2D eigenvalue weighted by atomic mass is 9.98. The SMILES string of the molecule is COc1ccc(CN(C)C(=O)NC(CC(C)C)c2cccnc2)cc1O. The van der Waals surface area contributed by atoms with E-state index < -0.39 is 0 Å². The van der Waals surface area contributed by atoms with Crippen LogP contribution in [0, 0.1) is 5.92 Å². The topological polar surface area (TPSA) is 74.7 Å². The van der Waals surface area contributed by atoms with Crippen LogP contribution in [0.2, 0.25) is 0 Å². The van der Waals surface area contributed by atoms with E-state index in [1.807, 2.05) is 18.2 Å². The summed E-state index contributed by atoms with van der Waals surface area (Å²) in [6, 6.07) is 8.70. The summed E-state index contributed by atoms with van der Waals surface area (Å²) in [5.41, 5.74) is 1.81. The molecule has 2 N–H and O–H groups in total. The van der Waals surface area contributed by atoms with Gasteiger partial charge in [0.25, 0.3) is 0 Å². The minimum Gasteiger partial charge on any atom is -0.504 e. The third-order valence-corrected chi connectivity index (χ3v) is 4.10. The Kier molecular flexibility index (Phi) is 6.83. The van der Waals surface area contributed by atoms with Crippen molar-refractivity contribution in [3.05, 3.63) is 53.9 Å². The van der Waals surface area contributed by atoms with Crippen molar-refractivity contribution in [1.29, 1.82) is 0 Å². The Bertz CT molecular complexity index is 719. The van der Waals surface area contributed by atoms with Crippen LogP contribution < -0.4 is 10.1 Å². The van der Waals surface area contributed by atoms with Crippen LogP contribution in [0.3, 0.4) is 0 Å². The molecule has 1 aromatic heterocycles. The fourth-order valence-electron chi connectivity index (χ4n) is 2.77. The molecule has 6 heteroatoms. The molecule has 1 atom stereocenters. The predicted octanol–water partition coefficient (Wildman–Crippen LogP) is 3.72. The van der Waals surface area contributed by atoms with Gasteiger partial charge in [0, 0.05) is 26.0 Å². The van der Waals surface area contributed by atoms with Gasteiger partial charge in [0.1, 0.15) is 0 Å². The molecule has 1 heterocycles. The normalized spacial score (nSPS) is 11.9. The highest BCUT2D eigenvalue weighted by Crippen LogP contribution is 2.27. The number of ether oxygens (including phenoxy) is 1. The number of hydrogen-bond acceptors (Lipinski definition) is 4. The molecule has 0 radical (unpaired) electrons. The quantitative estimate of drug-likeness (QED) is 0.792. The molecule has 0 spiro atoms. The summed E-state index contributed by atoms with van der Waals surface area (Å²) in [5, 5.41) is 13.0. The zero-order valence-corrected chi connectivity index (χ0v) is 15.8. The van der Waals surface area contributed by atoms with Crippen LogP contribution in [0.4, 0.5) is 4.79 Å². The Morgan fingerprint density at radius 2 is 2.12 bits per heavy atom. The number of rotatable bonds is 7. The van der Waals surface area contributed by atoms with Gasteiger partial charge in [0.15, 0.2) is 11.5 Å². The van der Waals surface area contributed by atoms with Crippen LogP contribution >= 0.6 is 0 Å². The summed E-state index contributed by atoms with van der Waals surface area (Å²) in [5.74, 6) is 0.908. The molecule has 140 valence electrons. The molecule has 0 saturated carbocycles. The maximum absolute atomic E-state index is 12.6. The summed E-state index contributed by atoms with van der Waals surface area (Å²) in [4.78, 5) is 18.4. The number of nitrogens with zero attached hydrogens (tertiary/aromatic N) is 2. The lowest BCUT2D eigenvalue weighted by Gasteiger charge is -2.25. The van der Waals surface area contributed by atoms with E-state index in [1.54, 1.807) is 36.5 Å². The minimum atomic E-state index is -0.171. The van der Waals surface area contributed by atoms with Gasteiger partial charge in [-0.15, -0.1) is 0 Å². The van der Waals surface area contributed by atoms with Gasteiger partial charge in [-0.1, -0.05) is 26.0 Å². The average Bonchev–Trinajstić information content (AvgIpc) is 2.61. The molecule has 0 saturated heterocycles. The van der Waals surface area contributed by atoms with Crippen molar-refractivity contribution in [3.8, 4) is 11.5 Å². The molecular formula is C20H27N3O3. The zero-order chi connectivity index (χ0) is 19.1. The van der Waals surface area contributed by atoms with Crippen molar-refractivity contribution in [1.82, 2.24) is 15.2 Å². The van der Waals surface area contributed by atoms with Gasteiger partial charge in [0.05, 0.1) is 13.2 Å². The number of phenols is 1. The number of benzene rings is 1. The first-order valence-electron chi connectivity index (χ1n) is 8.68. The van der Waals surface area contributed by atoms with Crippen molar-refractivity contribution >= 4 is 6.03 Å². The van der Waals surface area contributed by atoms with Crippen LogP contribution in [0.15, 0.2) is 42.7 Å². The smallest absolute Gasteiger partial charge is 0.317 e. The van der Waals surface area contributed by atoms with Gasteiger partial charge in [-0.3, -0.25) is 4.98 Å². The lowest BCUT2D eigenvalue weighted by molar-refractivity contribution is 0.200. The van der Waals surface area contributed by atoms with Gasteiger partial charge >= 0.3 is 6.03 Å². The Morgan fingerprint density at radius 1 is 1.35 bits per heavy atom. The highest BCUT2D eigenvalue weighted by molar-refractivity contribution is 5.74. The van der Waals surface area contributed by atoms with Gasteiger partial charge in [-0.2, -0.15) is 0 Å². The summed E-state index contributed by atoms with van der Waals surface area (Å²) in [6.45, 7) is 4.63. The number of phenolic OH excluding ortho intramolecular Hbond substituents is 1. The van der Waals surface area contributed by atoms with Crippen LogP contribution in [0.1, 0.15) is 37.4 Å². The van der Waals surface area contributed by atoms with E-state index in [4.69, 9.17) is 4.74 Å². The fraction of sp³-hybridized carbons (Fsp3) is 0.400. The average molecular weight is 357 g/mol. The van der Waals surface area contributed by atoms with E-state index >= 15 is 0 Å². The second-order valence-corrected chi connectivity index (χ2v) is 6.78. The first-order valence-corrected chi connectivity index (χ1v) is 8.68. The Labute approximate surface area is 154 Å². The van der Waals surface area contributed by atoms with Gasteiger partial charge in [0.2, 0.25) is 0 Å². The van der Waals surface area contributed by atoms with Gasteiger partial charge in [-0.25, -0.2) is 4.79 Å². The first-order chi connectivity index (χ1) is 12.4. The molecule has 0 aliphatic rings. The fourth-order valence-corrected chi connectivity index (χ4v) is 2.77. The third kappa shape index (κ3) is 5.37. The number of aromatic nitrogens is 1. The monoisotopic (exact) mass is 357 g/mol. The Hall–Kier alpha value is -2.76. The van der Waals surface area contributed by atoms with E-state index in [9.17, 15) is 9.90 Å². The number of aromatic hydroxyl groups is 1. The highest BCUT2D eigenvalue weighted by Gasteiger charge is 2.19. The van der Waals surface area contributed by atoms with E-state index in [0.29, 0.717) is 18.2 Å². The molecule has 0 aliphatic heterocycles. The number of amides is 2. The van der Waals surface area contributed by atoms with Gasteiger partial charge < -0.3 is 20.1 Å². The number of urea groups is 1. The highest BCUT2D eigenvalue weighted by atomic mass is 16.5. The number of methoxy groups -OCH3 is 1. The van der Waals surface area contributed by atoms with Crippen LogP contribution in [0.5, 0.6) is 11.5 Å². The molecule has 0 bridgehead atoms. The van der Waals surface area contributed by atoms with Crippen LogP contribution in [-0.4, -0.2) is 35.2 Å².